The molecule has 3 rings (SSSR count). The number of fused-ring (bicyclic) bond motifs is 1. The Morgan fingerprint density at radius 2 is 2.00 bits per heavy atom. The normalized spacial score (nSPS) is 20.5. The molecule has 7 nitrogen and oxygen atoms in total. The lowest BCUT2D eigenvalue weighted by molar-refractivity contribution is 0.223. The summed E-state index contributed by atoms with van der Waals surface area (Å²) in [5.74, 6) is 3.42. The highest BCUT2D eigenvalue weighted by Crippen LogP contribution is 2.17. The van der Waals surface area contributed by atoms with Gasteiger partial charge in [0.25, 0.3) is 0 Å². The summed E-state index contributed by atoms with van der Waals surface area (Å²) >= 11 is 0. The van der Waals surface area contributed by atoms with Crippen LogP contribution in [0.2, 0.25) is 0 Å². The number of likely N-dealkylation sites (N-methyl/N-ethyl adjacent to an activating group) is 1. The second-order valence-electron chi connectivity index (χ2n) is 7.94. The van der Waals surface area contributed by atoms with E-state index in [2.05, 4.69) is 50.7 Å². The van der Waals surface area contributed by atoms with Gasteiger partial charge in [0.2, 0.25) is 0 Å². The monoisotopic (exact) mass is 389 g/mol. The summed E-state index contributed by atoms with van der Waals surface area (Å²) in [5, 5.41) is 12.4. The van der Waals surface area contributed by atoms with E-state index in [0.717, 1.165) is 76.9 Å². The van der Waals surface area contributed by atoms with E-state index in [1.807, 2.05) is 0 Å². The van der Waals surface area contributed by atoms with Crippen LogP contribution < -0.4 is 5.32 Å². The van der Waals surface area contributed by atoms with Crippen LogP contribution in [0.5, 0.6) is 0 Å². The summed E-state index contributed by atoms with van der Waals surface area (Å²) in [6, 6.07) is 0.658. The largest absolute Gasteiger partial charge is 0.357 e. The fourth-order valence-electron chi connectivity index (χ4n) is 4.55. The molecule has 2 aliphatic rings. The Kier molecular flexibility index (Phi) is 8.13. The van der Waals surface area contributed by atoms with Gasteiger partial charge in [0.05, 0.1) is 0 Å². The van der Waals surface area contributed by atoms with Crippen molar-refractivity contribution in [2.45, 2.75) is 78.3 Å². The molecule has 0 amide bonds. The molecule has 1 aromatic heterocycles. The van der Waals surface area contributed by atoms with E-state index >= 15 is 0 Å². The van der Waals surface area contributed by atoms with Gasteiger partial charge in [0.15, 0.2) is 5.96 Å². The lowest BCUT2D eigenvalue weighted by Crippen LogP contribution is -2.43. The maximum Gasteiger partial charge on any atom is 0.193 e. The maximum absolute atomic E-state index is 4.93. The predicted octanol–water partition coefficient (Wildman–Crippen LogP) is 2.32. The third-order valence-corrected chi connectivity index (χ3v) is 6.13. The molecule has 0 aromatic carbocycles. The van der Waals surface area contributed by atoms with E-state index in [1.54, 1.807) is 0 Å². The van der Waals surface area contributed by atoms with Crippen LogP contribution in [0.25, 0.3) is 0 Å². The first kappa shape index (κ1) is 21.1. The Bertz CT molecular complexity index is 620. The van der Waals surface area contributed by atoms with Crippen LogP contribution in [-0.4, -0.2) is 75.8 Å². The Hall–Kier alpha value is -1.63. The van der Waals surface area contributed by atoms with Gasteiger partial charge in [0.1, 0.15) is 11.6 Å². The predicted molar refractivity (Wildman–Crippen MR) is 115 cm³/mol. The Morgan fingerprint density at radius 1 is 1.14 bits per heavy atom. The van der Waals surface area contributed by atoms with Crippen molar-refractivity contribution in [1.82, 2.24) is 29.9 Å². The Labute approximate surface area is 170 Å². The third-order valence-electron chi connectivity index (χ3n) is 6.13. The molecule has 28 heavy (non-hydrogen) atoms. The number of nitrogens with one attached hydrogen (secondary N) is 1. The van der Waals surface area contributed by atoms with Gasteiger partial charge in [-0.15, -0.1) is 10.2 Å². The molecule has 2 aliphatic heterocycles. The van der Waals surface area contributed by atoms with Crippen molar-refractivity contribution in [2.75, 3.05) is 39.3 Å². The SMILES string of the molecule is CCNC(=NCCCc1nnc2n1CCCCC2)N1CCC(N(CC)CC)C1. The Morgan fingerprint density at radius 3 is 2.79 bits per heavy atom. The van der Waals surface area contributed by atoms with Crippen LogP contribution in [-0.2, 0) is 19.4 Å². The second-order valence-corrected chi connectivity index (χ2v) is 7.94. The molecule has 1 unspecified atom stereocenters. The first-order valence-electron chi connectivity index (χ1n) is 11.4. The van der Waals surface area contributed by atoms with Crippen LogP contribution in [0.4, 0.5) is 0 Å². The molecule has 0 spiro atoms. The number of guanidine groups is 1. The molecule has 1 fully saturated rings. The fourth-order valence-corrected chi connectivity index (χ4v) is 4.55. The van der Waals surface area contributed by atoms with Gasteiger partial charge in [-0.3, -0.25) is 9.89 Å². The van der Waals surface area contributed by atoms with Gasteiger partial charge in [-0.05, 0) is 45.7 Å². The maximum atomic E-state index is 4.93. The summed E-state index contributed by atoms with van der Waals surface area (Å²) in [5.41, 5.74) is 0. The molecule has 158 valence electrons. The summed E-state index contributed by atoms with van der Waals surface area (Å²) < 4.78 is 2.36. The second kappa shape index (κ2) is 10.8. The van der Waals surface area contributed by atoms with E-state index in [-0.39, 0.29) is 0 Å². The van der Waals surface area contributed by atoms with Crippen molar-refractivity contribution >= 4 is 5.96 Å². The van der Waals surface area contributed by atoms with Gasteiger partial charge in [-0.25, -0.2) is 0 Å². The smallest absolute Gasteiger partial charge is 0.193 e. The first-order valence-corrected chi connectivity index (χ1v) is 11.4. The zero-order valence-corrected chi connectivity index (χ0v) is 18.2. The van der Waals surface area contributed by atoms with Crippen molar-refractivity contribution in [3.05, 3.63) is 11.6 Å². The number of likely N-dealkylation sites (tertiary alicyclic amines) is 1. The number of rotatable bonds is 8. The minimum atomic E-state index is 0.658. The van der Waals surface area contributed by atoms with Crippen LogP contribution in [0.3, 0.4) is 0 Å². The average molecular weight is 390 g/mol. The average Bonchev–Trinajstić information content (AvgIpc) is 3.27. The molecular weight excluding hydrogens is 350 g/mol. The summed E-state index contributed by atoms with van der Waals surface area (Å²) in [6.07, 6.45) is 8.13. The van der Waals surface area contributed by atoms with Gasteiger partial charge in [-0.2, -0.15) is 0 Å². The first-order chi connectivity index (χ1) is 13.8. The van der Waals surface area contributed by atoms with Crippen LogP contribution in [0.1, 0.15) is 64.5 Å². The van der Waals surface area contributed by atoms with Crippen molar-refractivity contribution < 1.29 is 0 Å². The van der Waals surface area contributed by atoms with Crippen LogP contribution in [0, 0.1) is 0 Å². The molecule has 3 heterocycles. The highest BCUT2D eigenvalue weighted by atomic mass is 15.3. The van der Waals surface area contributed by atoms with E-state index in [4.69, 9.17) is 4.99 Å². The zero-order valence-electron chi connectivity index (χ0n) is 18.2. The van der Waals surface area contributed by atoms with E-state index in [0.29, 0.717) is 6.04 Å². The molecule has 1 aromatic rings. The minimum Gasteiger partial charge on any atom is -0.357 e. The highest BCUT2D eigenvalue weighted by Gasteiger charge is 2.27. The number of aliphatic imine (C=N–C) groups is 1. The number of aryl methyl sites for hydroxylation is 2. The molecule has 1 N–H and O–H groups in total. The van der Waals surface area contributed by atoms with Gasteiger partial charge < -0.3 is 14.8 Å². The summed E-state index contributed by atoms with van der Waals surface area (Å²) in [7, 11) is 0. The quantitative estimate of drug-likeness (QED) is 0.420. The van der Waals surface area contributed by atoms with Gasteiger partial charge in [-0.1, -0.05) is 20.3 Å². The molecule has 0 saturated carbocycles. The number of hydrogen-bond donors (Lipinski definition) is 1. The van der Waals surface area contributed by atoms with Gasteiger partial charge >= 0.3 is 0 Å². The zero-order chi connectivity index (χ0) is 19.8. The third kappa shape index (κ3) is 5.25. The number of aromatic nitrogens is 3. The highest BCUT2D eigenvalue weighted by molar-refractivity contribution is 5.80. The van der Waals surface area contributed by atoms with Crippen LogP contribution in [0.15, 0.2) is 4.99 Å². The number of hydrogen-bond acceptors (Lipinski definition) is 4. The molecule has 1 atom stereocenters. The molecule has 0 bridgehead atoms. The lowest BCUT2D eigenvalue weighted by atomic mass is 10.2. The van der Waals surface area contributed by atoms with E-state index < -0.39 is 0 Å². The molecule has 7 heteroatoms. The van der Waals surface area contributed by atoms with Gasteiger partial charge in [0, 0.05) is 51.6 Å². The van der Waals surface area contributed by atoms with Crippen molar-refractivity contribution in [2.24, 2.45) is 4.99 Å². The van der Waals surface area contributed by atoms with Crippen LogP contribution >= 0.6 is 0 Å². The van der Waals surface area contributed by atoms with Crippen molar-refractivity contribution in [3.63, 3.8) is 0 Å². The topological polar surface area (TPSA) is 61.6 Å². The van der Waals surface area contributed by atoms with E-state index in [1.165, 1.54) is 31.5 Å². The standard InChI is InChI=1S/C21H39N7/c1-4-22-21(27-16-13-18(17-27)26(5-2)6-3)23-14-10-12-20-25-24-19-11-8-7-9-15-28(19)20/h18H,4-17H2,1-3H3,(H,22,23). The Balaban J connectivity index is 1.52. The molecular formula is C21H39N7. The molecule has 0 aliphatic carbocycles. The summed E-state index contributed by atoms with van der Waals surface area (Å²) in [4.78, 5) is 9.94. The van der Waals surface area contributed by atoms with E-state index in [9.17, 15) is 0 Å². The lowest BCUT2D eigenvalue weighted by Gasteiger charge is -2.27. The molecule has 1 saturated heterocycles. The van der Waals surface area contributed by atoms with Crippen molar-refractivity contribution in [1.29, 1.82) is 0 Å². The fraction of sp³-hybridized carbons (Fsp3) is 0.857. The number of nitrogens with zero attached hydrogens (tertiary/aromatic N) is 6. The molecule has 0 radical (unpaired) electrons. The van der Waals surface area contributed by atoms with Crippen molar-refractivity contribution in [3.8, 4) is 0 Å². The minimum absolute atomic E-state index is 0.658. The summed E-state index contributed by atoms with van der Waals surface area (Å²) in [6.45, 7) is 14.0.